The van der Waals surface area contributed by atoms with E-state index in [0.717, 1.165) is 33.6 Å². The van der Waals surface area contributed by atoms with E-state index in [2.05, 4.69) is 0 Å². The molecule has 4 rings (SSSR count). The molecule has 1 aliphatic rings. The van der Waals surface area contributed by atoms with Crippen LogP contribution in [0.3, 0.4) is 0 Å². The zero-order valence-corrected chi connectivity index (χ0v) is 17.3. The predicted octanol–water partition coefficient (Wildman–Crippen LogP) is 3.29. The number of anilines is 1. The monoisotopic (exact) mass is 402 g/mol. The first-order valence-corrected chi connectivity index (χ1v) is 9.99. The normalized spacial score (nSPS) is 13.5. The average Bonchev–Trinajstić information content (AvgIpc) is 2.73. The summed E-state index contributed by atoms with van der Waals surface area (Å²) in [6, 6.07) is 20.2. The second kappa shape index (κ2) is 7.80. The molecule has 1 aromatic heterocycles. The van der Waals surface area contributed by atoms with Crippen molar-refractivity contribution in [2.75, 3.05) is 24.6 Å². The van der Waals surface area contributed by atoms with Gasteiger partial charge in [-0.1, -0.05) is 54.6 Å². The Hall–Kier alpha value is -3.38. The smallest absolute Gasteiger partial charge is 0.238 e. The number of ether oxygens (including phenoxy) is 1. The lowest BCUT2D eigenvalue weighted by molar-refractivity contribution is -0.116. The first-order valence-electron chi connectivity index (χ1n) is 9.99. The summed E-state index contributed by atoms with van der Waals surface area (Å²) >= 11 is 0. The summed E-state index contributed by atoms with van der Waals surface area (Å²) in [4.78, 5) is 18.3. The van der Waals surface area contributed by atoms with Gasteiger partial charge in [-0.3, -0.25) is 4.79 Å². The number of rotatable bonds is 5. The molecule has 4 N–H and O–H groups in total. The van der Waals surface area contributed by atoms with Gasteiger partial charge in [-0.15, -0.1) is 0 Å². The lowest BCUT2D eigenvalue weighted by Gasteiger charge is -2.30. The van der Waals surface area contributed by atoms with Gasteiger partial charge in [-0.05, 0) is 31.0 Å². The maximum Gasteiger partial charge on any atom is 0.238 e. The van der Waals surface area contributed by atoms with Gasteiger partial charge < -0.3 is 21.1 Å². The zero-order chi connectivity index (χ0) is 21.3. The topological polar surface area (TPSA) is 94.5 Å². The van der Waals surface area contributed by atoms with E-state index in [1.807, 2.05) is 79.4 Å². The quantitative estimate of drug-likeness (QED) is 0.683. The van der Waals surface area contributed by atoms with E-state index < -0.39 is 5.54 Å². The zero-order valence-electron chi connectivity index (χ0n) is 17.3. The maximum absolute atomic E-state index is 11.5. The van der Waals surface area contributed by atoms with E-state index in [0.29, 0.717) is 19.0 Å². The van der Waals surface area contributed by atoms with Crippen molar-refractivity contribution < 1.29 is 9.53 Å². The Kier molecular flexibility index (Phi) is 5.18. The summed E-state index contributed by atoms with van der Waals surface area (Å²) in [6.07, 6.45) is 0. The number of aromatic nitrogens is 1. The highest BCUT2D eigenvalue weighted by Crippen LogP contribution is 2.40. The number of nitrogens with two attached hydrogens (primary N) is 2. The molecule has 1 amide bonds. The number of pyridine rings is 1. The summed E-state index contributed by atoms with van der Waals surface area (Å²) in [7, 11) is 0. The minimum absolute atomic E-state index is 0.131. The third-order valence-electron chi connectivity index (χ3n) is 5.24. The molecular formula is C24H26N4O2. The van der Waals surface area contributed by atoms with Crippen LogP contribution >= 0.6 is 0 Å². The highest BCUT2D eigenvalue weighted by atomic mass is 16.5. The molecule has 154 valence electrons. The van der Waals surface area contributed by atoms with Crippen molar-refractivity contribution in [1.29, 1.82) is 0 Å². The number of amides is 1. The molecule has 0 saturated heterocycles. The van der Waals surface area contributed by atoms with Crippen LogP contribution in [0.5, 0.6) is 5.88 Å². The lowest BCUT2D eigenvalue weighted by atomic mass is 9.92. The summed E-state index contributed by atoms with van der Waals surface area (Å²) in [5.41, 5.74) is 16.9. The molecule has 0 atom stereocenters. The van der Waals surface area contributed by atoms with E-state index in [1.54, 1.807) is 0 Å². The van der Waals surface area contributed by atoms with Crippen molar-refractivity contribution >= 4 is 11.6 Å². The second-order valence-corrected chi connectivity index (χ2v) is 8.11. The number of carbonyl (C=O) groups is 1. The minimum atomic E-state index is -0.414. The van der Waals surface area contributed by atoms with Crippen LogP contribution in [-0.2, 0) is 10.3 Å². The number of primary amides is 1. The van der Waals surface area contributed by atoms with Gasteiger partial charge in [0.2, 0.25) is 11.8 Å². The third-order valence-corrected chi connectivity index (χ3v) is 5.24. The highest BCUT2D eigenvalue weighted by Gasteiger charge is 2.24. The molecule has 0 bridgehead atoms. The molecule has 0 unspecified atom stereocenters. The molecule has 0 radical (unpaired) electrons. The second-order valence-electron chi connectivity index (χ2n) is 8.11. The summed E-state index contributed by atoms with van der Waals surface area (Å²) in [5.74, 6) is 0.133. The number of nitrogens with zero attached hydrogens (tertiary/aromatic N) is 2. The van der Waals surface area contributed by atoms with Crippen molar-refractivity contribution in [3.63, 3.8) is 0 Å². The SMILES string of the molecule is CC(C)(N)c1ccc(-c2nc3c(cc2-c2ccccc2)N(CC(N)=O)CCO3)cc1. The molecule has 1 aliphatic heterocycles. The lowest BCUT2D eigenvalue weighted by Crippen LogP contribution is -2.39. The third kappa shape index (κ3) is 4.00. The van der Waals surface area contributed by atoms with Crippen molar-refractivity contribution in [1.82, 2.24) is 4.98 Å². The van der Waals surface area contributed by atoms with Crippen molar-refractivity contribution in [2.45, 2.75) is 19.4 Å². The Bertz CT molecular complexity index is 1060. The number of benzene rings is 2. The fraction of sp³-hybridized carbons (Fsp3) is 0.250. The number of fused-ring (bicyclic) bond motifs is 1. The summed E-state index contributed by atoms with van der Waals surface area (Å²) < 4.78 is 5.84. The van der Waals surface area contributed by atoms with E-state index in [-0.39, 0.29) is 12.5 Å². The molecule has 0 fully saturated rings. The number of hydrogen-bond acceptors (Lipinski definition) is 5. The summed E-state index contributed by atoms with van der Waals surface area (Å²) in [6.45, 7) is 5.14. The summed E-state index contributed by atoms with van der Waals surface area (Å²) in [5, 5.41) is 0. The standard InChI is InChI=1S/C24H26N4O2/c1-24(2,26)18-10-8-17(9-11-18)22-19(16-6-4-3-5-7-16)14-20-23(27-22)30-13-12-28(20)15-21(25)29/h3-11,14H,12-13,15,26H2,1-2H3,(H2,25,29). The largest absolute Gasteiger partial charge is 0.474 e. The molecular weight excluding hydrogens is 376 g/mol. The molecule has 0 spiro atoms. The fourth-order valence-corrected chi connectivity index (χ4v) is 3.66. The average molecular weight is 402 g/mol. The molecule has 6 nitrogen and oxygen atoms in total. The van der Waals surface area contributed by atoms with Crippen molar-refractivity contribution in [3.05, 3.63) is 66.2 Å². The molecule has 6 heteroatoms. The Morgan fingerprint density at radius 1 is 1.10 bits per heavy atom. The Balaban J connectivity index is 1.86. The number of carbonyl (C=O) groups excluding carboxylic acids is 1. The Labute approximate surface area is 176 Å². The van der Waals surface area contributed by atoms with E-state index in [9.17, 15) is 4.79 Å². The molecule has 2 aromatic carbocycles. The van der Waals surface area contributed by atoms with Gasteiger partial charge in [-0.25, -0.2) is 4.98 Å². The van der Waals surface area contributed by atoms with Gasteiger partial charge in [0.15, 0.2) is 0 Å². The van der Waals surface area contributed by atoms with Gasteiger partial charge in [0.05, 0.1) is 18.8 Å². The van der Waals surface area contributed by atoms with Gasteiger partial charge >= 0.3 is 0 Å². The van der Waals surface area contributed by atoms with Crippen LogP contribution in [-0.4, -0.2) is 30.6 Å². The van der Waals surface area contributed by atoms with Crippen LogP contribution < -0.4 is 21.1 Å². The van der Waals surface area contributed by atoms with Gasteiger partial charge in [0.1, 0.15) is 12.3 Å². The van der Waals surface area contributed by atoms with Crippen molar-refractivity contribution in [2.24, 2.45) is 11.5 Å². The predicted molar refractivity (Wildman–Crippen MR) is 119 cm³/mol. The highest BCUT2D eigenvalue weighted by molar-refractivity contribution is 5.86. The van der Waals surface area contributed by atoms with Gasteiger partial charge in [0.25, 0.3) is 0 Å². The van der Waals surface area contributed by atoms with E-state index in [1.165, 1.54) is 0 Å². The Morgan fingerprint density at radius 3 is 2.43 bits per heavy atom. The number of hydrogen-bond donors (Lipinski definition) is 2. The van der Waals surface area contributed by atoms with Crippen LogP contribution in [0.1, 0.15) is 19.4 Å². The van der Waals surface area contributed by atoms with Gasteiger partial charge in [0, 0.05) is 16.7 Å². The van der Waals surface area contributed by atoms with Crippen LogP contribution in [0.15, 0.2) is 60.7 Å². The molecule has 0 aliphatic carbocycles. The van der Waals surface area contributed by atoms with Crippen LogP contribution in [0.25, 0.3) is 22.4 Å². The molecule has 0 saturated carbocycles. The van der Waals surface area contributed by atoms with Crippen LogP contribution in [0, 0.1) is 0 Å². The first kappa shape index (κ1) is 19.9. The van der Waals surface area contributed by atoms with Gasteiger partial charge in [-0.2, -0.15) is 0 Å². The van der Waals surface area contributed by atoms with Crippen LogP contribution in [0.2, 0.25) is 0 Å². The first-order chi connectivity index (χ1) is 14.3. The van der Waals surface area contributed by atoms with E-state index >= 15 is 0 Å². The van der Waals surface area contributed by atoms with E-state index in [4.69, 9.17) is 21.2 Å². The minimum Gasteiger partial charge on any atom is -0.474 e. The molecule has 30 heavy (non-hydrogen) atoms. The van der Waals surface area contributed by atoms with Crippen LogP contribution in [0.4, 0.5) is 5.69 Å². The van der Waals surface area contributed by atoms with Crippen molar-refractivity contribution in [3.8, 4) is 28.3 Å². The molecule has 3 aromatic rings. The fourth-order valence-electron chi connectivity index (χ4n) is 3.66. The Morgan fingerprint density at radius 2 is 1.80 bits per heavy atom. The molecule has 2 heterocycles. The maximum atomic E-state index is 11.5.